The highest BCUT2D eigenvalue weighted by molar-refractivity contribution is 5.42. The smallest absolute Gasteiger partial charge is 0.161 e. The molecule has 2 N–H and O–H groups in total. The Bertz CT molecular complexity index is 609. The third kappa shape index (κ3) is 4.89. The average molecular weight is 315 g/mol. The summed E-state index contributed by atoms with van der Waals surface area (Å²) in [5.74, 6) is 2.76. The molecule has 0 unspecified atom stereocenters. The van der Waals surface area contributed by atoms with Crippen LogP contribution in [0.4, 0.5) is 0 Å². The summed E-state index contributed by atoms with van der Waals surface area (Å²) in [5.41, 5.74) is 7.94. The summed E-state index contributed by atoms with van der Waals surface area (Å²) >= 11 is 0. The standard InChI is InChI=1S/C19H25NO3/c1-14(2)16-5-7-17(8-6-16)22-10-11-23-18-9-4-15(13-20)12-19(18)21-3/h4-9,12,14H,10-11,13,20H2,1-3H3. The molecule has 124 valence electrons. The zero-order chi connectivity index (χ0) is 16.7. The Labute approximate surface area is 138 Å². The molecule has 23 heavy (non-hydrogen) atoms. The van der Waals surface area contributed by atoms with Crippen molar-refractivity contribution >= 4 is 0 Å². The molecule has 0 aliphatic rings. The predicted molar refractivity (Wildman–Crippen MR) is 92.4 cm³/mol. The molecular weight excluding hydrogens is 290 g/mol. The molecule has 2 aromatic rings. The van der Waals surface area contributed by atoms with Gasteiger partial charge in [-0.2, -0.15) is 0 Å². The number of nitrogens with two attached hydrogens (primary N) is 1. The van der Waals surface area contributed by atoms with Gasteiger partial charge < -0.3 is 19.9 Å². The summed E-state index contributed by atoms with van der Waals surface area (Å²) in [6.45, 7) is 5.75. The molecule has 0 aromatic heterocycles. The molecule has 0 atom stereocenters. The molecule has 0 saturated heterocycles. The summed E-state index contributed by atoms with van der Waals surface area (Å²) in [6.07, 6.45) is 0. The first-order valence-electron chi connectivity index (χ1n) is 7.86. The molecule has 0 heterocycles. The van der Waals surface area contributed by atoms with Crippen molar-refractivity contribution in [3.8, 4) is 17.2 Å². The van der Waals surface area contributed by atoms with Gasteiger partial charge in [0.05, 0.1) is 7.11 Å². The number of hydrogen-bond acceptors (Lipinski definition) is 4. The second-order valence-electron chi connectivity index (χ2n) is 5.61. The molecule has 0 spiro atoms. The van der Waals surface area contributed by atoms with E-state index < -0.39 is 0 Å². The van der Waals surface area contributed by atoms with Gasteiger partial charge in [0, 0.05) is 6.54 Å². The zero-order valence-electron chi connectivity index (χ0n) is 14.0. The highest BCUT2D eigenvalue weighted by atomic mass is 16.5. The SMILES string of the molecule is COc1cc(CN)ccc1OCCOc1ccc(C(C)C)cc1. The van der Waals surface area contributed by atoms with Crippen molar-refractivity contribution < 1.29 is 14.2 Å². The second kappa shape index (κ2) is 8.44. The van der Waals surface area contributed by atoms with Crippen molar-refractivity contribution in [2.75, 3.05) is 20.3 Å². The van der Waals surface area contributed by atoms with Crippen molar-refractivity contribution in [2.45, 2.75) is 26.3 Å². The van der Waals surface area contributed by atoms with E-state index in [2.05, 4.69) is 26.0 Å². The molecule has 0 radical (unpaired) electrons. The van der Waals surface area contributed by atoms with E-state index in [1.165, 1.54) is 5.56 Å². The Balaban J connectivity index is 1.83. The van der Waals surface area contributed by atoms with Crippen molar-refractivity contribution in [1.29, 1.82) is 0 Å². The number of methoxy groups -OCH3 is 1. The second-order valence-corrected chi connectivity index (χ2v) is 5.61. The van der Waals surface area contributed by atoms with Crippen LogP contribution in [0.1, 0.15) is 30.9 Å². The van der Waals surface area contributed by atoms with Gasteiger partial charge in [0.2, 0.25) is 0 Å². The van der Waals surface area contributed by atoms with Crippen LogP contribution in [-0.2, 0) is 6.54 Å². The van der Waals surface area contributed by atoms with Crippen LogP contribution in [0.5, 0.6) is 17.2 Å². The van der Waals surface area contributed by atoms with Crippen LogP contribution >= 0.6 is 0 Å². The van der Waals surface area contributed by atoms with Gasteiger partial charge in [-0.3, -0.25) is 0 Å². The van der Waals surface area contributed by atoms with Gasteiger partial charge in [-0.1, -0.05) is 32.0 Å². The molecule has 0 bridgehead atoms. The molecule has 0 saturated carbocycles. The van der Waals surface area contributed by atoms with Gasteiger partial charge in [0.25, 0.3) is 0 Å². The lowest BCUT2D eigenvalue weighted by Gasteiger charge is -2.13. The highest BCUT2D eigenvalue weighted by Gasteiger charge is 2.05. The summed E-state index contributed by atoms with van der Waals surface area (Å²) in [7, 11) is 1.62. The third-order valence-corrected chi connectivity index (χ3v) is 3.62. The quantitative estimate of drug-likeness (QED) is 0.754. The normalized spacial score (nSPS) is 10.7. The van der Waals surface area contributed by atoms with Crippen LogP contribution in [-0.4, -0.2) is 20.3 Å². The van der Waals surface area contributed by atoms with E-state index >= 15 is 0 Å². The molecule has 2 rings (SSSR count). The fourth-order valence-electron chi connectivity index (χ4n) is 2.22. The fourth-order valence-corrected chi connectivity index (χ4v) is 2.22. The van der Waals surface area contributed by atoms with Gasteiger partial charge in [-0.15, -0.1) is 0 Å². The predicted octanol–water partition coefficient (Wildman–Crippen LogP) is 3.74. The molecule has 0 aliphatic heterocycles. The van der Waals surface area contributed by atoms with Crippen LogP contribution in [0, 0.1) is 0 Å². The Morgan fingerprint density at radius 3 is 2.22 bits per heavy atom. The first-order valence-corrected chi connectivity index (χ1v) is 7.86. The maximum absolute atomic E-state index is 5.72. The third-order valence-electron chi connectivity index (χ3n) is 3.62. The molecule has 4 nitrogen and oxygen atoms in total. The summed E-state index contributed by atoms with van der Waals surface area (Å²) in [5, 5.41) is 0. The number of ether oxygens (including phenoxy) is 3. The lowest BCUT2D eigenvalue weighted by Crippen LogP contribution is -2.10. The van der Waals surface area contributed by atoms with Crippen molar-refractivity contribution in [2.24, 2.45) is 5.73 Å². The van der Waals surface area contributed by atoms with Crippen LogP contribution in [0.3, 0.4) is 0 Å². The van der Waals surface area contributed by atoms with Gasteiger partial charge in [0.1, 0.15) is 19.0 Å². The van der Waals surface area contributed by atoms with Crippen molar-refractivity contribution in [3.05, 3.63) is 53.6 Å². The first kappa shape index (κ1) is 17.2. The monoisotopic (exact) mass is 315 g/mol. The minimum absolute atomic E-state index is 0.449. The van der Waals surface area contributed by atoms with Crippen LogP contribution < -0.4 is 19.9 Å². The van der Waals surface area contributed by atoms with E-state index in [4.69, 9.17) is 19.9 Å². The van der Waals surface area contributed by atoms with E-state index in [1.54, 1.807) is 7.11 Å². The van der Waals surface area contributed by atoms with Crippen LogP contribution in [0.15, 0.2) is 42.5 Å². The van der Waals surface area contributed by atoms with Gasteiger partial charge >= 0.3 is 0 Å². The Morgan fingerprint density at radius 2 is 1.61 bits per heavy atom. The first-order chi connectivity index (χ1) is 11.1. The highest BCUT2D eigenvalue weighted by Crippen LogP contribution is 2.28. The largest absolute Gasteiger partial charge is 0.493 e. The summed E-state index contributed by atoms with van der Waals surface area (Å²) < 4.78 is 16.7. The summed E-state index contributed by atoms with van der Waals surface area (Å²) in [6, 6.07) is 13.9. The van der Waals surface area contributed by atoms with E-state index in [-0.39, 0.29) is 0 Å². The lowest BCUT2D eigenvalue weighted by atomic mass is 10.0. The number of rotatable bonds is 8. The van der Waals surface area contributed by atoms with E-state index in [0.29, 0.717) is 37.2 Å². The molecule has 4 heteroatoms. The summed E-state index contributed by atoms with van der Waals surface area (Å²) in [4.78, 5) is 0. The zero-order valence-corrected chi connectivity index (χ0v) is 14.0. The van der Waals surface area contributed by atoms with Gasteiger partial charge in [0.15, 0.2) is 11.5 Å². The van der Waals surface area contributed by atoms with Crippen LogP contribution in [0.2, 0.25) is 0 Å². The van der Waals surface area contributed by atoms with E-state index in [0.717, 1.165) is 11.3 Å². The fraction of sp³-hybridized carbons (Fsp3) is 0.368. The Hall–Kier alpha value is -2.20. The molecule has 0 fully saturated rings. The maximum atomic E-state index is 5.72. The number of benzene rings is 2. The molecule has 0 aliphatic carbocycles. The van der Waals surface area contributed by atoms with Crippen molar-refractivity contribution in [1.82, 2.24) is 0 Å². The maximum Gasteiger partial charge on any atom is 0.161 e. The Kier molecular flexibility index (Phi) is 6.29. The van der Waals surface area contributed by atoms with Crippen LogP contribution in [0.25, 0.3) is 0 Å². The molecule has 0 amide bonds. The number of hydrogen-bond donors (Lipinski definition) is 1. The van der Waals surface area contributed by atoms with Gasteiger partial charge in [-0.05, 0) is 41.3 Å². The van der Waals surface area contributed by atoms with E-state index in [1.807, 2.05) is 30.3 Å². The van der Waals surface area contributed by atoms with Crippen molar-refractivity contribution in [3.63, 3.8) is 0 Å². The minimum Gasteiger partial charge on any atom is -0.493 e. The minimum atomic E-state index is 0.449. The lowest BCUT2D eigenvalue weighted by molar-refractivity contribution is 0.211. The van der Waals surface area contributed by atoms with Gasteiger partial charge in [-0.25, -0.2) is 0 Å². The molecule has 2 aromatic carbocycles. The Morgan fingerprint density at radius 1 is 0.913 bits per heavy atom. The average Bonchev–Trinajstić information content (AvgIpc) is 2.59. The topological polar surface area (TPSA) is 53.7 Å². The molecular formula is C19H25NO3. The van der Waals surface area contributed by atoms with E-state index in [9.17, 15) is 0 Å².